The van der Waals surface area contributed by atoms with E-state index in [0.717, 1.165) is 5.56 Å². The van der Waals surface area contributed by atoms with Crippen LogP contribution >= 0.6 is 0 Å². The largest absolute Gasteiger partial charge is 0.445 e. The Bertz CT molecular complexity index is 363. The Hall–Kier alpha value is -1.84. The van der Waals surface area contributed by atoms with Crippen LogP contribution < -0.4 is 5.32 Å². The molecule has 0 saturated heterocycles. The molecule has 0 aliphatic carbocycles. The van der Waals surface area contributed by atoms with Crippen molar-refractivity contribution in [3.05, 3.63) is 35.9 Å². The minimum atomic E-state index is -0.577. The molecule has 100 valence electrons. The number of hydrogen-bond acceptors (Lipinski definition) is 3. The van der Waals surface area contributed by atoms with E-state index in [1.54, 1.807) is 6.92 Å². The van der Waals surface area contributed by atoms with E-state index >= 15 is 0 Å². The van der Waals surface area contributed by atoms with Gasteiger partial charge in [0, 0.05) is 0 Å². The van der Waals surface area contributed by atoms with Crippen LogP contribution in [0, 0.1) is 0 Å². The number of hydrogen-bond donors (Lipinski definition) is 1. The predicted molar refractivity (Wildman–Crippen MR) is 71.3 cm³/mol. The summed E-state index contributed by atoms with van der Waals surface area (Å²) in [4.78, 5) is 22.1. The molecule has 4 heteroatoms. The van der Waals surface area contributed by atoms with E-state index in [0.29, 0.717) is 0 Å². The van der Waals surface area contributed by atoms with Crippen LogP contribution in [0.1, 0.15) is 33.3 Å². The number of ketones is 1. The van der Waals surface area contributed by atoms with Crippen molar-refractivity contribution in [3.8, 4) is 0 Å². The lowest BCUT2D eigenvalue weighted by molar-refractivity contribution is -0.118. The van der Waals surface area contributed by atoms with Gasteiger partial charge in [0.2, 0.25) is 0 Å². The van der Waals surface area contributed by atoms with E-state index in [-0.39, 0.29) is 12.4 Å². The first-order valence-electron chi connectivity index (χ1n) is 6.07. The fourth-order valence-corrected chi connectivity index (χ4v) is 1.04. The highest BCUT2D eigenvalue weighted by Gasteiger charge is 2.11. The van der Waals surface area contributed by atoms with Gasteiger partial charge in [-0.25, -0.2) is 4.79 Å². The molecule has 0 fully saturated rings. The second-order valence-corrected chi connectivity index (χ2v) is 3.54. The van der Waals surface area contributed by atoms with Gasteiger partial charge in [-0.3, -0.25) is 4.79 Å². The Labute approximate surface area is 108 Å². The lowest BCUT2D eigenvalue weighted by Crippen LogP contribution is -2.37. The summed E-state index contributed by atoms with van der Waals surface area (Å²) in [6, 6.07) is 8.84. The van der Waals surface area contributed by atoms with Crippen LogP contribution in [0.3, 0.4) is 0 Å². The van der Waals surface area contributed by atoms with Gasteiger partial charge in [-0.2, -0.15) is 0 Å². The third-order valence-corrected chi connectivity index (χ3v) is 2.16. The standard InChI is InChI=1S/C12H15NO3.C2H6/c1-9(10(2)14)13-12(15)16-8-11-6-4-3-5-7-11;1-2/h3-7,9H,8H2,1-2H3,(H,13,15);1-2H3. The molecular formula is C14H21NO3. The van der Waals surface area contributed by atoms with Crippen LogP contribution in [-0.4, -0.2) is 17.9 Å². The minimum Gasteiger partial charge on any atom is -0.445 e. The Morgan fingerprint density at radius 3 is 2.28 bits per heavy atom. The Morgan fingerprint density at radius 1 is 1.22 bits per heavy atom. The molecule has 0 saturated carbocycles. The fourth-order valence-electron chi connectivity index (χ4n) is 1.04. The van der Waals surface area contributed by atoms with Gasteiger partial charge in [-0.05, 0) is 19.4 Å². The minimum absolute atomic E-state index is 0.100. The third-order valence-electron chi connectivity index (χ3n) is 2.16. The second kappa shape index (κ2) is 9.22. The summed E-state index contributed by atoms with van der Waals surface area (Å²) >= 11 is 0. The topological polar surface area (TPSA) is 55.4 Å². The van der Waals surface area contributed by atoms with Crippen molar-refractivity contribution in [2.24, 2.45) is 0 Å². The summed E-state index contributed by atoms with van der Waals surface area (Å²) in [7, 11) is 0. The maximum atomic E-state index is 11.2. The Balaban J connectivity index is 0.00000137. The SMILES string of the molecule is CC.CC(=O)C(C)NC(=O)OCc1ccccc1. The summed E-state index contributed by atoms with van der Waals surface area (Å²) in [5, 5.41) is 2.44. The van der Waals surface area contributed by atoms with Crippen molar-refractivity contribution < 1.29 is 14.3 Å². The van der Waals surface area contributed by atoms with Crippen molar-refractivity contribution in [1.29, 1.82) is 0 Å². The van der Waals surface area contributed by atoms with Crippen LogP contribution in [0.2, 0.25) is 0 Å². The number of benzene rings is 1. The smallest absolute Gasteiger partial charge is 0.408 e. The number of alkyl carbamates (subject to hydrolysis) is 1. The second-order valence-electron chi connectivity index (χ2n) is 3.54. The monoisotopic (exact) mass is 251 g/mol. The van der Waals surface area contributed by atoms with E-state index < -0.39 is 12.1 Å². The normalized spacial score (nSPS) is 10.7. The lowest BCUT2D eigenvalue weighted by atomic mass is 10.2. The van der Waals surface area contributed by atoms with Gasteiger partial charge < -0.3 is 10.1 Å². The number of carbonyl (C=O) groups is 2. The molecule has 0 bridgehead atoms. The van der Waals surface area contributed by atoms with Gasteiger partial charge in [-0.1, -0.05) is 44.2 Å². The van der Waals surface area contributed by atoms with Crippen molar-refractivity contribution in [1.82, 2.24) is 5.32 Å². The molecule has 0 aromatic heterocycles. The molecule has 1 N–H and O–H groups in total. The molecule has 1 aromatic carbocycles. The number of Topliss-reactive ketones (excluding diaryl/α,β-unsaturated/α-hetero) is 1. The number of rotatable bonds is 4. The summed E-state index contributed by atoms with van der Waals surface area (Å²) in [6.45, 7) is 7.24. The number of carbonyl (C=O) groups excluding carboxylic acids is 2. The first-order valence-corrected chi connectivity index (χ1v) is 6.07. The maximum Gasteiger partial charge on any atom is 0.408 e. The van der Waals surface area contributed by atoms with Crippen molar-refractivity contribution in [2.75, 3.05) is 0 Å². The zero-order chi connectivity index (χ0) is 14.0. The molecule has 0 spiro atoms. The van der Waals surface area contributed by atoms with Crippen molar-refractivity contribution in [2.45, 2.75) is 40.3 Å². The van der Waals surface area contributed by atoms with Gasteiger partial charge >= 0.3 is 6.09 Å². The van der Waals surface area contributed by atoms with E-state index in [4.69, 9.17) is 4.74 Å². The quantitative estimate of drug-likeness (QED) is 0.895. The molecule has 1 atom stereocenters. The van der Waals surface area contributed by atoms with Gasteiger partial charge in [0.05, 0.1) is 6.04 Å². The first kappa shape index (κ1) is 16.2. The molecule has 0 heterocycles. The van der Waals surface area contributed by atoms with Crippen molar-refractivity contribution in [3.63, 3.8) is 0 Å². The fraction of sp³-hybridized carbons (Fsp3) is 0.429. The average Bonchev–Trinajstić information content (AvgIpc) is 2.40. The molecule has 1 rings (SSSR count). The Kier molecular flexibility index (Phi) is 8.27. The lowest BCUT2D eigenvalue weighted by Gasteiger charge is -2.10. The molecule has 0 aliphatic heterocycles. The van der Waals surface area contributed by atoms with Crippen LogP contribution in [0.15, 0.2) is 30.3 Å². The molecule has 4 nitrogen and oxygen atoms in total. The highest BCUT2D eigenvalue weighted by atomic mass is 16.5. The van der Waals surface area contributed by atoms with E-state index in [1.165, 1.54) is 6.92 Å². The van der Waals surface area contributed by atoms with E-state index in [1.807, 2.05) is 44.2 Å². The van der Waals surface area contributed by atoms with Crippen LogP contribution in [0.4, 0.5) is 4.79 Å². The average molecular weight is 251 g/mol. The van der Waals surface area contributed by atoms with Gasteiger partial charge in [0.15, 0.2) is 5.78 Å². The van der Waals surface area contributed by atoms with Crippen LogP contribution in [-0.2, 0) is 16.1 Å². The van der Waals surface area contributed by atoms with Gasteiger partial charge in [0.25, 0.3) is 0 Å². The highest BCUT2D eigenvalue weighted by Crippen LogP contribution is 2.00. The number of amides is 1. The third kappa shape index (κ3) is 6.68. The van der Waals surface area contributed by atoms with Gasteiger partial charge in [0.1, 0.15) is 6.61 Å². The van der Waals surface area contributed by atoms with E-state index in [9.17, 15) is 9.59 Å². The predicted octanol–water partition coefficient (Wildman–Crippen LogP) is 2.92. The van der Waals surface area contributed by atoms with Crippen LogP contribution in [0.5, 0.6) is 0 Å². The van der Waals surface area contributed by atoms with Gasteiger partial charge in [-0.15, -0.1) is 0 Å². The molecule has 1 unspecified atom stereocenters. The maximum absolute atomic E-state index is 11.2. The molecular weight excluding hydrogens is 230 g/mol. The zero-order valence-electron chi connectivity index (χ0n) is 11.4. The Morgan fingerprint density at radius 2 is 1.78 bits per heavy atom. The first-order chi connectivity index (χ1) is 8.59. The summed E-state index contributed by atoms with van der Waals surface area (Å²) < 4.78 is 4.95. The summed E-state index contributed by atoms with van der Waals surface area (Å²) in [5.74, 6) is -0.100. The summed E-state index contributed by atoms with van der Waals surface area (Å²) in [5.41, 5.74) is 0.910. The molecule has 18 heavy (non-hydrogen) atoms. The summed E-state index contributed by atoms with van der Waals surface area (Å²) in [6.07, 6.45) is -0.577. The van der Waals surface area contributed by atoms with Crippen molar-refractivity contribution >= 4 is 11.9 Å². The number of nitrogens with one attached hydrogen (secondary N) is 1. The van der Waals surface area contributed by atoms with E-state index in [2.05, 4.69) is 5.32 Å². The molecule has 1 amide bonds. The number of ether oxygens (including phenoxy) is 1. The van der Waals surface area contributed by atoms with Crippen LogP contribution in [0.25, 0.3) is 0 Å². The molecule has 0 radical (unpaired) electrons. The highest BCUT2D eigenvalue weighted by molar-refractivity contribution is 5.84. The molecule has 0 aliphatic rings. The zero-order valence-corrected chi connectivity index (χ0v) is 11.4. The molecule has 1 aromatic rings.